The molecule has 2 aromatic carbocycles. The zero-order chi connectivity index (χ0) is 17.4. The Morgan fingerprint density at radius 1 is 1.20 bits per heavy atom. The van der Waals surface area contributed by atoms with Crippen LogP contribution in [-0.4, -0.2) is 24.8 Å². The standard InChI is InChI=1S/C21H23NO2S/c1-21(9-10-21)20(23)22-13-17-12-16-11-15(5-8-19(16)24-17)14-3-6-18(25-2)7-4-14/h3-8,11,17H,9-10,12-13H2,1-2H3,(H,22,23). The van der Waals surface area contributed by atoms with Crippen LogP contribution in [0.3, 0.4) is 0 Å². The molecular weight excluding hydrogens is 330 g/mol. The molecule has 1 saturated carbocycles. The fraction of sp³-hybridized carbons (Fsp3) is 0.381. The molecule has 1 amide bonds. The number of carbonyl (C=O) groups is 1. The zero-order valence-electron chi connectivity index (χ0n) is 14.7. The molecule has 25 heavy (non-hydrogen) atoms. The van der Waals surface area contributed by atoms with Crippen LogP contribution in [0.5, 0.6) is 5.75 Å². The van der Waals surface area contributed by atoms with Crippen molar-refractivity contribution in [2.75, 3.05) is 12.8 Å². The lowest BCUT2D eigenvalue weighted by Crippen LogP contribution is -2.38. The SMILES string of the molecule is CSc1ccc(-c2ccc3c(c2)CC(CNC(=O)C2(C)CC2)O3)cc1. The van der Waals surface area contributed by atoms with Crippen molar-refractivity contribution in [3.05, 3.63) is 48.0 Å². The van der Waals surface area contributed by atoms with Crippen molar-refractivity contribution in [2.24, 2.45) is 5.41 Å². The number of thioether (sulfide) groups is 1. The van der Waals surface area contributed by atoms with Crippen molar-refractivity contribution in [3.63, 3.8) is 0 Å². The lowest BCUT2D eigenvalue weighted by atomic mass is 10.0. The molecule has 1 unspecified atom stereocenters. The van der Waals surface area contributed by atoms with Gasteiger partial charge in [-0.1, -0.05) is 25.1 Å². The van der Waals surface area contributed by atoms with E-state index >= 15 is 0 Å². The van der Waals surface area contributed by atoms with E-state index in [9.17, 15) is 4.79 Å². The van der Waals surface area contributed by atoms with Gasteiger partial charge in [-0.2, -0.15) is 0 Å². The number of fused-ring (bicyclic) bond motifs is 1. The molecule has 0 radical (unpaired) electrons. The van der Waals surface area contributed by atoms with Gasteiger partial charge in [0.1, 0.15) is 11.9 Å². The summed E-state index contributed by atoms with van der Waals surface area (Å²) >= 11 is 1.75. The third kappa shape index (κ3) is 3.40. The van der Waals surface area contributed by atoms with Gasteiger partial charge in [0.25, 0.3) is 0 Å². The Morgan fingerprint density at radius 3 is 2.60 bits per heavy atom. The number of ether oxygens (including phenoxy) is 1. The normalized spacial score (nSPS) is 19.8. The van der Waals surface area contributed by atoms with Crippen LogP contribution >= 0.6 is 11.8 Å². The predicted octanol–water partition coefficient (Wildman–Crippen LogP) is 4.30. The Labute approximate surface area is 153 Å². The lowest BCUT2D eigenvalue weighted by molar-refractivity contribution is -0.126. The summed E-state index contributed by atoms with van der Waals surface area (Å²) < 4.78 is 6.00. The summed E-state index contributed by atoms with van der Waals surface area (Å²) in [4.78, 5) is 13.4. The number of carbonyl (C=O) groups excluding carboxylic acids is 1. The second-order valence-corrected chi connectivity index (χ2v) is 8.15. The average molecular weight is 353 g/mol. The van der Waals surface area contributed by atoms with E-state index in [1.165, 1.54) is 21.6 Å². The van der Waals surface area contributed by atoms with Crippen molar-refractivity contribution in [3.8, 4) is 16.9 Å². The van der Waals surface area contributed by atoms with Crippen LogP contribution in [0.25, 0.3) is 11.1 Å². The number of benzene rings is 2. The molecule has 1 heterocycles. The van der Waals surface area contributed by atoms with Crippen LogP contribution in [-0.2, 0) is 11.2 Å². The molecule has 1 aliphatic carbocycles. The van der Waals surface area contributed by atoms with Crippen molar-refractivity contribution < 1.29 is 9.53 Å². The molecule has 1 N–H and O–H groups in total. The first-order chi connectivity index (χ1) is 12.1. The Morgan fingerprint density at radius 2 is 1.92 bits per heavy atom. The van der Waals surface area contributed by atoms with Crippen LogP contribution in [0.15, 0.2) is 47.4 Å². The second kappa shape index (κ2) is 6.41. The summed E-state index contributed by atoms with van der Waals surface area (Å²) in [5.41, 5.74) is 3.54. The maximum absolute atomic E-state index is 12.1. The summed E-state index contributed by atoms with van der Waals surface area (Å²) in [5.74, 6) is 1.11. The van der Waals surface area contributed by atoms with Gasteiger partial charge in [0.15, 0.2) is 0 Å². The first kappa shape index (κ1) is 16.5. The molecule has 2 aliphatic rings. The molecule has 130 valence electrons. The van der Waals surface area contributed by atoms with Gasteiger partial charge in [0, 0.05) is 16.7 Å². The van der Waals surface area contributed by atoms with Gasteiger partial charge in [-0.15, -0.1) is 11.8 Å². The van der Waals surface area contributed by atoms with Crippen molar-refractivity contribution >= 4 is 17.7 Å². The fourth-order valence-electron chi connectivity index (χ4n) is 3.23. The number of nitrogens with one attached hydrogen (secondary N) is 1. The largest absolute Gasteiger partial charge is 0.488 e. The van der Waals surface area contributed by atoms with E-state index in [2.05, 4.69) is 54.0 Å². The fourth-order valence-corrected chi connectivity index (χ4v) is 3.64. The van der Waals surface area contributed by atoms with Gasteiger partial charge in [0.05, 0.1) is 6.54 Å². The summed E-state index contributed by atoms with van der Waals surface area (Å²) in [6, 6.07) is 15.0. The third-order valence-electron chi connectivity index (χ3n) is 5.26. The zero-order valence-corrected chi connectivity index (χ0v) is 15.5. The van der Waals surface area contributed by atoms with E-state index < -0.39 is 0 Å². The van der Waals surface area contributed by atoms with Crippen molar-refractivity contribution in [1.29, 1.82) is 0 Å². The summed E-state index contributed by atoms with van der Waals surface area (Å²) in [7, 11) is 0. The highest BCUT2D eigenvalue weighted by atomic mass is 32.2. The van der Waals surface area contributed by atoms with Crippen LogP contribution in [0.1, 0.15) is 25.3 Å². The lowest BCUT2D eigenvalue weighted by Gasteiger charge is -2.14. The van der Waals surface area contributed by atoms with Crippen molar-refractivity contribution in [1.82, 2.24) is 5.32 Å². The monoisotopic (exact) mass is 353 g/mol. The Hall–Kier alpha value is -1.94. The van der Waals surface area contributed by atoms with E-state index in [1.807, 2.05) is 6.92 Å². The average Bonchev–Trinajstić information content (AvgIpc) is 3.26. The molecule has 3 nitrogen and oxygen atoms in total. The molecular formula is C21H23NO2S. The predicted molar refractivity (Wildman–Crippen MR) is 102 cm³/mol. The molecule has 1 fully saturated rings. The van der Waals surface area contributed by atoms with Gasteiger partial charge >= 0.3 is 0 Å². The minimum atomic E-state index is -0.123. The number of rotatable bonds is 5. The Bertz CT molecular complexity index is 796. The maximum atomic E-state index is 12.1. The van der Waals surface area contributed by atoms with Gasteiger partial charge in [0.2, 0.25) is 5.91 Å². The number of hydrogen-bond acceptors (Lipinski definition) is 3. The van der Waals surface area contributed by atoms with Gasteiger partial charge in [-0.25, -0.2) is 0 Å². The number of hydrogen-bond donors (Lipinski definition) is 1. The van der Waals surface area contributed by atoms with E-state index in [-0.39, 0.29) is 17.4 Å². The first-order valence-electron chi connectivity index (χ1n) is 8.80. The quantitative estimate of drug-likeness (QED) is 0.815. The van der Waals surface area contributed by atoms with Gasteiger partial charge in [-0.05, 0) is 60.1 Å². The molecule has 0 spiro atoms. The Balaban J connectivity index is 1.42. The van der Waals surface area contributed by atoms with E-state index in [1.54, 1.807) is 11.8 Å². The van der Waals surface area contributed by atoms with Crippen molar-refractivity contribution in [2.45, 2.75) is 37.2 Å². The highest BCUT2D eigenvalue weighted by Gasteiger charge is 2.44. The smallest absolute Gasteiger partial charge is 0.226 e. The van der Waals surface area contributed by atoms with E-state index in [4.69, 9.17) is 4.74 Å². The highest BCUT2D eigenvalue weighted by molar-refractivity contribution is 7.98. The summed E-state index contributed by atoms with van der Waals surface area (Å²) in [5, 5.41) is 3.05. The van der Waals surface area contributed by atoms with Gasteiger partial charge in [-0.3, -0.25) is 4.79 Å². The molecule has 0 bridgehead atoms. The minimum Gasteiger partial charge on any atom is -0.488 e. The second-order valence-electron chi connectivity index (χ2n) is 7.27. The van der Waals surface area contributed by atoms with Crippen LogP contribution in [0, 0.1) is 5.41 Å². The topological polar surface area (TPSA) is 38.3 Å². The molecule has 4 heteroatoms. The third-order valence-corrected chi connectivity index (χ3v) is 6.01. The first-order valence-corrected chi connectivity index (χ1v) is 10.0. The van der Waals surface area contributed by atoms with Gasteiger partial charge < -0.3 is 10.1 Å². The summed E-state index contributed by atoms with van der Waals surface area (Å²) in [6.45, 7) is 2.61. The van der Waals surface area contributed by atoms with Crippen LogP contribution in [0.2, 0.25) is 0 Å². The summed E-state index contributed by atoms with van der Waals surface area (Å²) in [6.07, 6.45) is 4.98. The van der Waals surface area contributed by atoms with Crippen LogP contribution < -0.4 is 10.1 Å². The van der Waals surface area contributed by atoms with E-state index in [0.29, 0.717) is 6.54 Å². The molecule has 0 aromatic heterocycles. The molecule has 0 saturated heterocycles. The molecule has 4 rings (SSSR count). The molecule has 1 atom stereocenters. The van der Waals surface area contributed by atoms with E-state index in [0.717, 1.165) is 25.0 Å². The maximum Gasteiger partial charge on any atom is 0.226 e. The number of amides is 1. The molecule has 1 aliphatic heterocycles. The Kier molecular flexibility index (Phi) is 4.24. The minimum absolute atomic E-state index is 0.0374. The molecule has 2 aromatic rings. The van der Waals surface area contributed by atoms with Crippen LogP contribution in [0.4, 0.5) is 0 Å². The highest BCUT2D eigenvalue weighted by Crippen LogP contribution is 2.45.